The monoisotopic (exact) mass is 444 g/mol. The van der Waals surface area contributed by atoms with Gasteiger partial charge in [0, 0.05) is 13.5 Å². The van der Waals surface area contributed by atoms with Crippen LogP contribution in [0.4, 0.5) is 5.69 Å². The molecule has 0 bridgehead atoms. The molecule has 0 aliphatic carbocycles. The lowest BCUT2D eigenvalue weighted by molar-refractivity contribution is -0.121. The summed E-state index contributed by atoms with van der Waals surface area (Å²) in [5.41, 5.74) is 1.10. The number of hydrogen-bond donors (Lipinski definition) is 1. The van der Waals surface area contributed by atoms with Gasteiger partial charge in [0.25, 0.3) is 5.91 Å². The second-order valence-corrected chi connectivity index (χ2v) is 8.57. The molecule has 1 aliphatic heterocycles. The first-order chi connectivity index (χ1) is 14.9. The minimum atomic E-state index is -3.84. The fraction of sp³-hybridized carbons (Fsp3) is 0.250. The molecular weight excluding hydrogens is 424 g/mol. The molecule has 4 rings (SSSR count). The van der Waals surface area contributed by atoms with Crippen LogP contribution < -0.4 is 19.1 Å². The zero-order valence-corrected chi connectivity index (χ0v) is 17.7. The van der Waals surface area contributed by atoms with Crippen LogP contribution in [-0.2, 0) is 27.9 Å². The van der Waals surface area contributed by atoms with Gasteiger partial charge in [0.15, 0.2) is 12.4 Å². The predicted molar refractivity (Wildman–Crippen MR) is 109 cm³/mol. The minimum Gasteiger partial charge on any atom is -0.497 e. The maximum Gasteiger partial charge on any atom is 0.265 e. The summed E-state index contributed by atoms with van der Waals surface area (Å²) in [5, 5.41) is 3.80. The van der Waals surface area contributed by atoms with Crippen molar-refractivity contribution in [3.63, 3.8) is 0 Å². The molecule has 1 N–H and O–H groups in total. The molecule has 1 aromatic heterocycles. The number of ether oxygens (including phenoxy) is 2. The van der Waals surface area contributed by atoms with Crippen molar-refractivity contribution in [3.8, 4) is 11.5 Å². The van der Waals surface area contributed by atoms with Crippen molar-refractivity contribution in [2.24, 2.45) is 0 Å². The van der Waals surface area contributed by atoms with Crippen LogP contribution in [0, 0.1) is 6.92 Å². The Hall–Kier alpha value is -3.44. The van der Waals surface area contributed by atoms with Gasteiger partial charge in [-0.15, -0.1) is 0 Å². The highest BCUT2D eigenvalue weighted by molar-refractivity contribution is 7.89. The summed E-state index contributed by atoms with van der Waals surface area (Å²) in [6, 6.07) is 11.4. The summed E-state index contributed by atoms with van der Waals surface area (Å²) < 4.78 is 43.8. The number of aryl methyl sites for hydroxylation is 1. The Labute approximate surface area is 178 Å². The number of carbonyl (C=O) groups is 1. The normalized spacial score (nSPS) is 13.6. The van der Waals surface area contributed by atoms with Gasteiger partial charge in [-0.2, -0.15) is 4.98 Å². The molecule has 0 fully saturated rings. The van der Waals surface area contributed by atoms with Crippen LogP contribution in [0.1, 0.15) is 17.3 Å². The SMILES string of the molecule is COc1ccc(CNS(=O)(=O)c2ccc3c(c2)N(Cc2noc(C)n2)C(=O)CO3)cc1. The van der Waals surface area contributed by atoms with E-state index in [9.17, 15) is 13.2 Å². The first kappa shape index (κ1) is 20.8. The maximum absolute atomic E-state index is 12.8. The Bertz CT molecular complexity index is 1210. The molecule has 0 saturated heterocycles. The zero-order chi connectivity index (χ0) is 22.0. The number of fused-ring (bicyclic) bond motifs is 1. The molecule has 31 heavy (non-hydrogen) atoms. The van der Waals surface area contributed by atoms with E-state index in [1.165, 1.54) is 23.1 Å². The van der Waals surface area contributed by atoms with Gasteiger partial charge in [0.2, 0.25) is 15.9 Å². The molecule has 11 heteroatoms. The fourth-order valence-corrected chi connectivity index (χ4v) is 4.11. The van der Waals surface area contributed by atoms with E-state index in [0.717, 1.165) is 5.56 Å². The van der Waals surface area contributed by atoms with Gasteiger partial charge in [0.05, 0.1) is 24.2 Å². The van der Waals surface area contributed by atoms with E-state index >= 15 is 0 Å². The standard InChI is InChI=1S/C20H20N4O6S/c1-13-22-19(23-30-13)11-24-17-9-16(7-8-18(17)29-12-20(24)25)31(26,27)21-10-14-3-5-15(28-2)6-4-14/h3-9,21H,10-12H2,1-2H3. The Balaban J connectivity index is 1.57. The molecule has 0 radical (unpaired) electrons. The van der Waals surface area contributed by atoms with Crippen molar-refractivity contribution in [2.45, 2.75) is 24.9 Å². The number of hydrogen-bond acceptors (Lipinski definition) is 8. The molecule has 2 heterocycles. The van der Waals surface area contributed by atoms with Gasteiger partial charge < -0.3 is 14.0 Å². The van der Waals surface area contributed by atoms with Crippen molar-refractivity contribution >= 4 is 21.6 Å². The van der Waals surface area contributed by atoms with E-state index in [0.29, 0.717) is 28.9 Å². The number of sulfonamides is 1. The Morgan fingerprint density at radius 1 is 1.19 bits per heavy atom. The molecule has 162 valence electrons. The van der Waals surface area contributed by atoms with Gasteiger partial charge >= 0.3 is 0 Å². The number of rotatable bonds is 7. The Morgan fingerprint density at radius 2 is 1.97 bits per heavy atom. The largest absolute Gasteiger partial charge is 0.497 e. The van der Waals surface area contributed by atoms with E-state index in [2.05, 4.69) is 14.9 Å². The van der Waals surface area contributed by atoms with E-state index in [-0.39, 0.29) is 30.5 Å². The predicted octanol–water partition coefficient (Wildman–Crippen LogP) is 1.79. The number of anilines is 1. The number of benzene rings is 2. The molecule has 2 aromatic carbocycles. The number of nitrogens with zero attached hydrogens (tertiary/aromatic N) is 3. The second-order valence-electron chi connectivity index (χ2n) is 6.80. The van der Waals surface area contributed by atoms with Crippen molar-refractivity contribution in [3.05, 3.63) is 59.7 Å². The van der Waals surface area contributed by atoms with Crippen molar-refractivity contribution in [2.75, 3.05) is 18.6 Å². The number of carbonyl (C=O) groups excluding carboxylic acids is 1. The van der Waals surface area contributed by atoms with E-state index in [1.807, 2.05) is 0 Å². The molecule has 3 aromatic rings. The van der Waals surface area contributed by atoms with Gasteiger partial charge in [-0.3, -0.25) is 9.69 Å². The lowest BCUT2D eigenvalue weighted by Gasteiger charge is -2.28. The molecule has 1 amide bonds. The quantitative estimate of drug-likeness (QED) is 0.585. The van der Waals surface area contributed by atoms with Crippen molar-refractivity contribution in [1.29, 1.82) is 0 Å². The van der Waals surface area contributed by atoms with Gasteiger partial charge in [-0.25, -0.2) is 13.1 Å². The number of amides is 1. The maximum atomic E-state index is 12.8. The smallest absolute Gasteiger partial charge is 0.265 e. The van der Waals surface area contributed by atoms with E-state index < -0.39 is 10.0 Å². The highest BCUT2D eigenvalue weighted by Gasteiger charge is 2.29. The highest BCUT2D eigenvalue weighted by Crippen LogP contribution is 2.35. The van der Waals surface area contributed by atoms with Crippen LogP contribution >= 0.6 is 0 Å². The Kier molecular flexibility index (Phi) is 5.61. The molecule has 1 aliphatic rings. The van der Waals surface area contributed by atoms with Gasteiger partial charge in [-0.1, -0.05) is 17.3 Å². The van der Waals surface area contributed by atoms with Gasteiger partial charge in [0.1, 0.15) is 11.5 Å². The summed E-state index contributed by atoms with van der Waals surface area (Å²) in [4.78, 5) is 17.9. The van der Waals surface area contributed by atoms with Gasteiger partial charge in [-0.05, 0) is 35.9 Å². The molecule has 0 saturated carbocycles. The molecule has 0 atom stereocenters. The Morgan fingerprint density at radius 3 is 2.65 bits per heavy atom. The molecule has 10 nitrogen and oxygen atoms in total. The number of methoxy groups -OCH3 is 1. The summed E-state index contributed by atoms with van der Waals surface area (Å²) in [7, 11) is -2.28. The summed E-state index contributed by atoms with van der Waals surface area (Å²) in [6.45, 7) is 1.62. The third-order valence-electron chi connectivity index (χ3n) is 4.68. The third-order valence-corrected chi connectivity index (χ3v) is 6.08. The van der Waals surface area contributed by atoms with Crippen molar-refractivity contribution in [1.82, 2.24) is 14.9 Å². The first-order valence-electron chi connectivity index (χ1n) is 9.35. The first-order valence-corrected chi connectivity index (χ1v) is 10.8. The summed E-state index contributed by atoms with van der Waals surface area (Å²) in [5.74, 6) is 1.42. The molecule has 0 spiro atoms. The lowest BCUT2D eigenvalue weighted by atomic mass is 10.2. The van der Waals surface area contributed by atoms with Crippen LogP contribution in [0.5, 0.6) is 11.5 Å². The topological polar surface area (TPSA) is 124 Å². The summed E-state index contributed by atoms with van der Waals surface area (Å²) >= 11 is 0. The second kappa shape index (κ2) is 8.36. The number of aromatic nitrogens is 2. The highest BCUT2D eigenvalue weighted by atomic mass is 32.2. The fourth-order valence-electron chi connectivity index (χ4n) is 3.07. The van der Waals surface area contributed by atoms with Crippen LogP contribution in [-0.4, -0.2) is 38.2 Å². The molecular formula is C20H20N4O6S. The van der Waals surface area contributed by atoms with E-state index in [1.54, 1.807) is 38.3 Å². The summed E-state index contributed by atoms with van der Waals surface area (Å²) in [6.07, 6.45) is 0. The number of nitrogens with one attached hydrogen (secondary N) is 1. The van der Waals surface area contributed by atoms with Crippen molar-refractivity contribution < 1.29 is 27.2 Å². The van der Waals surface area contributed by atoms with Crippen LogP contribution in [0.15, 0.2) is 51.9 Å². The van der Waals surface area contributed by atoms with Crippen LogP contribution in [0.3, 0.4) is 0 Å². The average molecular weight is 444 g/mol. The minimum absolute atomic E-state index is 0.00681. The molecule has 0 unspecified atom stereocenters. The van der Waals surface area contributed by atoms with Crippen LogP contribution in [0.2, 0.25) is 0 Å². The average Bonchev–Trinajstić information content (AvgIpc) is 3.19. The third kappa shape index (κ3) is 4.52. The zero-order valence-electron chi connectivity index (χ0n) is 16.9. The lowest BCUT2D eigenvalue weighted by Crippen LogP contribution is -2.38. The van der Waals surface area contributed by atoms with E-state index in [4.69, 9.17) is 14.0 Å². The van der Waals surface area contributed by atoms with Crippen LogP contribution in [0.25, 0.3) is 0 Å².